The molecule has 19 heavy (non-hydrogen) atoms. The van der Waals surface area contributed by atoms with E-state index in [0.717, 1.165) is 5.92 Å². The Morgan fingerprint density at radius 2 is 1.68 bits per heavy atom. The van der Waals surface area contributed by atoms with Crippen molar-refractivity contribution in [3.8, 4) is 0 Å². The second-order valence-corrected chi connectivity index (χ2v) is 5.05. The second-order valence-electron chi connectivity index (χ2n) is 5.05. The van der Waals surface area contributed by atoms with Crippen LogP contribution in [0.15, 0.2) is 24.5 Å². The molecule has 4 nitrogen and oxygen atoms in total. The SMILES string of the molecule is Cl.Cl.c1cc(C2CC(C3CCNCC3)NN2)ccn1. The second kappa shape index (κ2) is 8.02. The largest absolute Gasteiger partial charge is 0.317 e. The molecule has 2 aliphatic heterocycles. The van der Waals surface area contributed by atoms with Crippen molar-refractivity contribution in [1.82, 2.24) is 21.2 Å². The lowest BCUT2D eigenvalue weighted by molar-refractivity contribution is 0.293. The van der Waals surface area contributed by atoms with Crippen molar-refractivity contribution in [1.29, 1.82) is 0 Å². The molecule has 0 bridgehead atoms. The molecule has 3 rings (SSSR count). The predicted octanol–water partition coefficient (Wildman–Crippen LogP) is 1.83. The summed E-state index contributed by atoms with van der Waals surface area (Å²) in [6, 6.07) is 5.27. The third kappa shape index (κ3) is 4.04. The molecule has 0 aliphatic carbocycles. The van der Waals surface area contributed by atoms with Crippen LogP contribution in [0.3, 0.4) is 0 Å². The molecule has 1 aromatic heterocycles. The Morgan fingerprint density at radius 3 is 2.37 bits per heavy atom. The number of piperidine rings is 1. The molecule has 2 aliphatic rings. The van der Waals surface area contributed by atoms with Gasteiger partial charge in [0.1, 0.15) is 0 Å². The van der Waals surface area contributed by atoms with Crippen LogP contribution >= 0.6 is 24.8 Å². The average molecular weight is 305 g/mol. The maximum absolute atomic E-state index is 4.07. The molecule has 0 spiro atoms. The lowest BCUT2D eigenvalue weighted by atomic mass is 9.87. The van der Waals surface area contributed by atoms with Crippen molar-refractivity contribution in [3.63, 3.8) is 0 Å². The summed E-state index contributed by atoms with van der Waals surface area (Å²) in [5, 5.41) is 3.42. The number of rotatable bonds is 2. The number of nitrogens with one attached hydrogen (secondary N) is 3. The molecule has 2 fully saturated rings. The third-order valence-corrected chi connectivity index (χ3v) is 3.99. The van der Waals surface area contributed by atoms with Crippen LogP contribution in [0.5, 0.6) is 0 Å². The molecular formula is C13H22Cl2N4. The van der Waals surface area contributed by atoms with E-state index in [9.17, 15) is 0 Å². The van der Waals surface area contributed by atoms with Gasteiger partial charge in [-0.2, -0.15) is 0 Å². The first-order valence-corrected chi connectivity index (χ1v) is 6.55. The highest BCUT2D eigenvalue weighted by Gasteiger charge is 2.31. The Hall–Kier alpha value is -0.390. The average Bonchev–Trinajstić information content (AvgIpc) is 2.90. The summed E-state index contributed by atoms with van der Waals surface area (Å²) in [5.41, 5.74) is 8.24. The number of hydrogen-bond acceptors (Lipinski definition) is 4. The molecule has 0 amide bonds. The van der Waals surface area contributed by atoms with E-state index < -0.39 is 0 Å². The van der Waals surface area contributed by atoms with Gasteiger partial charge in [-0.05, 0) is 56.0 Å². The molecule has 3 heterocycles. The van der Waals surface area contributed by atoms with Crippen molar-refractivity contribution >= 4 is 24.8 Å². The van der Waals surface area contributed by atoms with Gasteiger partial charge < -0.3 is 5.32 Å². The highest BCUT2D eigenvalue weighted by atomic mass is 35.5. The van der Waals surface area contributed by atoms with Gasteiger partial charge in [0.2, 0.25) is 0 Å². The van der Waals surface area contributed by atoms with Crippen LogP contribution in [0.25, 0.3) is 0 Å². The van der Waals surface area contributed by atoms with Gasteiger partial charge in [-0.15, -0.1) is 24.8 Å². The van der Waals surface area contributed by atoms with Crippen LogP contribution in [0.2, 0.25) is 0 Å². The van der Waals surface area contributed by atoms with Gasteiger partial charge >= 0.3 is 0 Å². The maximum Gasteiger partial charge on any atom is 0.0479 e. The zero-order valence-electron chi connectivity index (χ0n) is 10.8. The molecule has 2 saturated heterocycles. The van der Waals surface area contributed by atoms with Gasteiger partial charge in [0, 0.05) is 24.5 Å². The van der Waals surface area contributed by atoms with Crippen molar-refractivity contribution in [2.24, 2.45) is 5.92 Å². The molecule has 0 aromatic carbocycles. The minimum atomic E-state index is 0. The molecule has 2 unspecified atom stereocenters. The molecule has 2 atom stereocenters. The van der Waals surface area contributed by atoms with E-state index >= 15 is 0 Å². The summed E-state index contributed by atoms with van der Waals surface area (Å²) < 4.78 is 0. The fraction of sp³-hybridized carbons (Fsp3) is 0.615. The van der Waals surface area contributed by atoms with Crippen LogP contribution < -0.4 is 16.2 Å². The van der Waals surface area contributed by atoms with E-state index in [1.165, 1.54) is 37.9 Å². The van der Waals surface area contributed by atoms with E-state index in [1.54, 1.807) is 0 Å². The highest BCUT2D eigenvalue weighted by Crippen LogP contribution is 2.28. The van der Waals surface area contributed by atoms with Crippen LogP contribution in [-0.2, 0) is 0 Å². The first-order valence-electron chi connectivity index (χ1n) is 6.55. The Kier molecular flexibility index (Phi) is 7.04. The van der Waals surface area contributed by atoms with Crippen LogP contribution in [0.4, 0.5) is 0 Å². The Balaban J connectivity index is 0.000000902. The predicted molar refractivity (Wildman–Crippen MR) is 81.7 cm³/mol. The fourth-order valence-corrected chi connectivity index (χ4v) is 2.95. The van der Waals surface area contributed by atoms with Crippen molar-refractivity contribution in [3.05, 3.63) is 30.1 Å². The van der Waals surface area contributed by atoms with Gasteiger partial charge in [0.25, 0.3) is 0 Å². The number of aromatic nitrogens is 1. The van der Waals surface area contributed by atoms with E-state index in [-0.39, 0.29) is 24.8 Å². The highest BCUT2D eigenvalue weighted by molar-refractivity contribution is 5.85. The summed E-state index contributed by atoms with van der Waals surface area (Å²) in [6.45, 7) is 2.34. The van der Waals surface area contributed by atoms with Gasteiger partial charge in [0.15, 0.2) is 0 Å². The topological polar surface area (TPSA) is 49.0 Å². The molecular weight excluding hydrogens is 283 g/mol. The zero-order valence-corrected chi connectivity index (χ0v) is 12.5. The monoisotopic (exact) mass is 304 g/mol. The van der Waals surface area contributed by atoms with Crippen LogP contribution in [0.1, 0.15) is 30.9 Å². The number of hydrazine groups is 1. The summed E-state index contributed by atoms with van der Waals surface area (Å²) in [7, 11) is 0. The first kappa shape index (κ1) is 16.7. The summed E-state index contributed by atoms with van der Waals surface area (Å²) in [6.07, 6.45) is 7.52. The minimum Gasteiger partial charge on any atom is -0.317 e. The standard InChI is InChI=1S/C13H20N4.2ClH/c1-5-14-6-2-10(1)12-9-13(17-16-12)11-3-7-15-8-4-11;;/h1-2,5-6,11-13,15-17H,3-4,7-9H2;2*1H. The molecule has 0 radical (unpaired) electrons. The van der Waals surface area contributed by atoms with Crippen molar-refractivity contribution in [2.45, 2.75) is 31.3 Å². The number of pyridine rings is 1. The lowest BCUT2D eigenvalue weighted by Gasteiger charge is -2.27. The third-order valence-electron chi connectivity index (χ3n) is 3.99. The number of halogens is 2. The van der Waals surface area contributed by atoms with E-state index in [0.29, 0.717) is 12.1 Å². The summed E-state index contributed by atoms with van der Waals surface area (Å²) >= 11 is 0. The Morgan fingerprint density at radius 1 is 1.00 bits per heavy atom. The molecule has 3 N–H and O–H groups in total. The van der Waals surface area contributed by atoms with Crippen LogP contribution in [-0.4, -0.2) is 24.1 Å². The summed E-state index contributed by atoms with van der Waals surface area (Å²) in [5.74, 6) is 0.815. The van der Waals surface area contributed by atoms with E-state index in [4.69, 9.17) is 0 Å². The normalized spacial score (nSPS) is 27.4. The Labute approximate surface area is 126 Å². The number of hydrogen-bond donors (Lipinski definition) is 3. The summed E-state index contributed by atoms with van der Waals surface area (Å²) in [4.78, 5) is 4.07. The van der Waals surface area contributed by atoms with Gasteiger partial charge in [-0.1, -0.05) is 0 Å². The molecule has 6 heteroatoms. The number of nitrogens with zero attached hydrogens (tertiary/aromatic N) is 1. The maximum atomic E-state index is 4.07. The quantitative estimate of drug-likeness (QED) is 0.780. The first-order chi connectivity index (χ1) is 8.43. The Bertz CT molecular complexity index is 357. The molecule has 0 saturated carbocycles. The van der Waals surface area contributed by atoms with Crippen molar-refractivity contribution < 1.29 is 0 Å². The van der Waals surface area contributed by atoms with Crippen molar-refractivity contribution in [2.75, 3.05) is 13.1 Å². The lowest BCUT2D eigenvalue weighted by Crippen LogP contribution is -2.41. The van der Waals surface area contributed by atoms with Crippen LogP contribution in [0, 0.1) is 5.92 Å². The zero-order chi connectivity index (χ0) is 11.5. The molecule has 108 valence electrons. The molecule has 1 aromatic rings. The van der Waals surface area contributed by atoms with Gasteiger partial charge in [-0.25, -0.2) is 0 Å². The minimum absolute atomic E-state index is 0. The van der Waals surface area contributed by atoms with E-state index in [2.05, 4.69) is 33.3 Å². The van der Waals surface area contributed by atoms with Gasteiger partial charge in [0.05, 0.1) is 0 Å². The smallest absolute Gasteiger partial charge is 0.0479 e. The van der Waals surface area contributed by atoms with E-state index in [1.807, 2.05) is 12.4 Å². The van der Waals surface area contributed by atoms with Gasteiger partial charge in [-0.3, -0.25) is 15.8 Å². The fourth-order valence-electron chi connectivity index (χ4n) is 2.95.